The van der Waals surface area contributed by atoms with E-state index in [0.29, 0.717) is 44.3 Å². The number of β-amino-alcohol motifs (C(OH)–C–C–N with tert-alkyl or cyclic N) is 2. The molecule has 6 heterocycles. The van der Waals surface area contributed by atoms with Gasteiger partial charge < -0.3 is 40.3 Å². The second-order valence-electron chi connectivity index (χ2n) is 22.1. The predicted octanol–water partition coefficient (Wildman–Crippen LogP) is 2.62. The maximum Gasteiger partial charge on any atom is 0.311 e. The quantitative estimate of drug-likeness (QED) is 0.142. The van der Waals surface area contributed by atoms with E-state index in [9.17, 15) is 29.4 Å². The van der Waals surface area contributed by atoms with Gasteiger partial charge in [0.1, 0.15) is 35.2 Å². The average molecular weight is 996 g/mol. The summed E-state index contributed by atoms with van der Waals surface area (Å²) in [7, 11) is 0. The number of nitrogens with zero attached hydrogens (tertiary/aromatic N) is 12. The zero-order valence-corrected chi connectivity index (χ0v) is 42.5. The van der Waals surface area contributed by atoms with Crippen molar-refractivity contribution in [3.63, 3.8) is 0 Å². The molecule has 2 saturated carbocycles. The van der Waals surface area contributed by atoms with E-state index in [1.165, 1.54) is 21.1 Å². The minimum Gasteiger partial charge on any atom is -0.391 e. The first-order chi connectivity index (χ1) is 33.8. The van der Waals surface area contributed by atoms with E-state index in [4.69, 9.17) is 9.58 Å². The number of ether oxygens (including phenoxy) is 1. The molecule has 3 aliphatic heterocycles. The lowest BCUT2D eigenvalue weighted by atomic mass is 9.85. The molecule has 0 spiro atoms. The zero-order valence-electron chi connectivity index (χ0n) is 41.6. The highest BCUT2D eigenvalue weighted by Crippen LogP contribution is 2.44. The largest absolute Gasteiger partial charge is 0.391 e. The molecule has 9 rings (SSSR count). The van der Waals surface area contributed by atoms with E-state index in [1.54, 1.807) is 21.1 Å². The van der Waals surface area contributed by atoms with E-state index >= 15 is 0 Å². The number of benzene rings is 1. The van der Waals surface area contributed by atoms with Crippen LogP contribution in [0.25, 0.3) is 4.85 Å². The van der Waals surface area contributed by atoms with Gasteiger partial charge in [-0.3, -0.25) is 19.2 Å². The van der Waals surface area contributed by atoms with Gasteiger partial charge in [0.2, 0.25) is 28.8 Å². The average Bonchev–Trinajstić information content (AvgIpc) is 3.82. The summed E-state index contributed by atoms with van der Waals surface area (Å²) >= 11 is 1.45. The Bertz CT molecular complexity index is 2650. The number of aliphatic hydroxyl groups is 2. The summed E-state index contributed by atoms with van der Waals surface area (Å²) < 4.78 is 9.13. The fourth-order valence-electron chi connectivity index (χ4n) is 10.2. The van der Waals surface area contributed by atoms with Crippen LogP contribution in [0, 0.1) is 23.8 Å². The lowest BCUT2D eigenvalue weighted by Crippen LogP contribution is -2.53. The topological polar surface area (TPSA) is 243 Å². The van der Waals surface area contributed by atoms with Crippen LogP contribution in [-0.4, -0.2) is 166 Å². The Balaban J connectivity index is 0.771. The highest BCUT2D eigenvalue weighted by atomic mass is 32.1. The highest BCUT2D eigenvalue weighted by Gasteiger charge is 2.52. The van der Waals surface area contributed by atoms with Gasteiger partial charge in [0.15, 0.2) is 0 Å². The number of morpholine rings is 1. The molecule has 71 heavy (non-hydrogen) atoms. The van der Waals surface area contributed by atoms with Crippen LogP contribution in [0.1, 0.15) is 126 Å². The number of anilines is 1. The van der Waals surface area contributed by atoms with Gasteiger partial charge in [0.05, 0.1) is 42.2 Å². The molecule has 0 radical (unpaired) electrons. The van der Waals surface area contributed by atoms with E-state index in [-0.39, 0.29) is 74.2 Å². The van der Waals surface area contributed by atoms with Gasteiger partial charge in [0, 0.05) is 76.8 Å². The molecule has 380 valence electrons. The van der Waals surface area contributed by atoms with E-state index in [2.05, 4.69) is 52.4 Å². The molecule has 3 saturated heterocycles. The number of rotatable bonds is 14. The summed E-state index contributed by atoms with van der Waals surface area (Å²) in [5.41, 5.74) is 5.04. The van der Waals surface area contributed by atoms with Crippen molar-refractivity contribution in [1.82, 2.24) is 60.6 Å². The third-order valence-electron chi connectivity index (χ3n) is 14.2. The van der Waals surface area contributed by atoms with Crippen molar-refractivity contribution < 1.29 is 34.1 Å². The van der Waals surface area contributed by atoms with Gasteiger partial charge in [0.25, 0.3) is 6.04 Å². The summed E-state index contributed by atoms with van der Waals surface area (Å²) in [5.74, 6) is -0.823. The van der Waals surface area contributed by atoms with Gasteiger partial charge in [-0.1, -0.05) is 74.2 Å². The second kappa shape index (κ2) is 20.3. The number of aryl methyl sites for hydroxylation is 1. The first-order valence-corrected chi connectivity index (χ1v) is 25.7. The number of hydrogen-bond acceptors (Lipinski definition) is 15. The van der Waals surface area contributed by atoms with Crippen LogP contribution >= 0.6 is 11.3 Å². The normalized spacial score (nSPS) is 25.4. The Morgan fingerprint density at radius 1 is 0.845 bits per heavy atom. The summed E-state index contributed by atoms with van der Waals surface area (Å²) in [6.07, 6.45) is 5.47. The van der Waals surface area contributed by atoms with E-state index in [1.807, 2.05) is 72.9 Å². The Kier molecular flexibility index (Phi) is 14.3. The Labute approximate surface area is 417 Å². The fraction of sp³-hybridized carbons (Fsp3) is 0.653. The minimum absolute atomic E-state index is 0.00201. The maximum absolute atomic E-state index is 14.4. The van der Waals surface area contributed by atoms with Crippen LogP contribution < -0.4 is 15.5 Å². The van der Waals surface area contributed by atoms with Crippen molar-refractivity contribution in [3.8, 4) is 6.07 Å². The lowest BCUT2D eigenvalue weighted by Gasteiger charge is -2.35. The lowest BCUT2D eigenvalue weighted by molar-refractivity contribution is -0.144. The number of carbonyl (C=O) groups is 4. The molecule has 9 atom stereocenters. The summed E-state index contributed by atoms with van der Waals surface area (Å²) in [5, 5.41) is 53.8. The number of aliphatic hydroxyl groups excluding tert-OH is 2. The molecule has 4 N–H and O–H groups in total. The molecule has 21 nitrogen and oxygen atoms in total. The molecule has 22 heteroatoms. The summed E-state index contributed by atoms with van der Waals surface area (Å²) in [6, 6.07) is 5.98. The van der Waals surface area contributed by atoms with E-state index in [0.717, 1.165) is 46.8 Å². The number of likely N-dealkylation sites (tertiary alicyclic amines) is 2. The van der Waals surface area contributed by atoms with Crippen molar-refractivity contribution in [3.05, 3.63) is 69.0 Å². The Morgan fingerprint density at radius 2 is 1.46 bits per heavy atom. The molecule has 5 fully saturated rings. The molecule has 5 aliphatic rings. The molecule has 1 aromatic carbocycles. The monoisotopic (exact) mass is 996 g/mol. The highest BCUT2D eigenvalue weighted by molar-refractivity contribution is 7.13. The summed E-state index contributed by atoms with van der Waals surface area (Å²) in [6.45, 7) is 16.2. The van der Waals surface area contributed by atoms with Gasteiger partial charge in [-0.2, -0.15) is 0 Å². The SMILES string of the molecule is Cc1cc(C#[N+]C2CC2c2cn([C@H](C(=O)N3C[C@H](O)C[C@H]3C(=O)NCC3CN(c4nncs4)CCO3)C(C)(C)C)nn2)ccc1CCNC(=O)[C@@H]1C[C@@H](O)CN1C(=O)[C@@H](n1cc(C2CC2)nn1)C(C)(C)C. The number of carbonyl (C=O) groups excluding carboxylic acids is 4. The molecule has 2 aliphatic carbocycles. The predicted molar refractivity (Wildman–Crippen MR) is 262 cm³/mol. The molecule has 4 amide bonds. The number of hydrogen-bond donors (Lipinski definition) is 4. The molecule has 3 unspecified atom stereocenters. The van der Waals surface area contributed by atoms with Crippen LogP contribution in [0.4, 0.5) is 5.13 Å². The molecular formula is C49H67N14O7S+. The van der Waals surface area contributed by atoms with E-state index < -0.39 is 47.2 Å². The molecule has 4 aromatic rings. The van der Waals surface area contributed by atoms with Crippen LogP contribution in [0.15, 0.2) is 36.1 Å². The van der Waals surface area contributed by atoms with Crippen LogP contribution in [0.2, 0.25) is 0 Å². The van der Waals surface area contributed by atoms with Crippen molar-refractivity contribution >= 4 is 40.1 Å². The van der Waals surface area contributed by atoms with Crippen LogP contribution in [-0.2, 0) is 30.3 Å². The third kappa shape index (κ3) is 11.4. The van der Waals surface area contributed by atoms with Crippen molar-refractivity contribution in [2.45, 2.75) is 147 Å². The standard InChI is InChI=1S/C49H66N14O7S/c1-28-16-29(8-9-30(28)12-13-50-43(66)39-17-32(64)22-60(39)45(68)41(48(2,3)4)62-25-37(54-57-62)31-10-11-31)20-51-36-19-35(36)38-26-63(58-55-38)42(49(5,6)7)46(69)61-23-33(65)18-40(61)44(67)52-21-34-24-59(14-15-70-34)47-56-53-27-71-47/h8-9,16,25-27,31-36,39-42,64-65H,10-15,17-19,21-24H2,1-7H3,(H-,50,52,66,67)/p+1/t32-,33-,34?,35?,36?,39+,40+,41-,42-/m1/s1. The molecule has 0 bridgehead atoms. The van der Waals surface area contributed by atoms with Gasteiger partial charge in [-0.15, -0.1) is 20.4 Å². The first-order valence-electron chi connectivity index (χ1n) is 24.9. The van der Waals surface area contributed by atoms with Gasteiger partial charge in [-0.05, 0) is 60.3 Å². The zero-order chi connectivity index (χ0) is 50.4. The van der Waals surface area contributed by atoms with Gasteiger partial charge >= 0.3 is 6.07 Å². The van der Waals surface area contributed by atoms with Crippen molar-refractivity contribution in [1.29, 1.82) is 0 Å². The molecular weight excluding hydrogens is 929 g/mol. The Morgan fingerprint density at radius 3 is 2.06 bits per heavy atom. The van der Waals surface area contributed by atoms with Crippen LogP contribution in [0.3, 0.4) is 0 Å². The number of nitrogens with one attached hydrogen (secondary N) is 2. The smallest absolute Gasteiger partial charge is 0.311 e. The first kappa shape index (κ1) is 50.1. The van der Waals surface area contributed by atoms with Crippen molar-refractivity contribution in [2.75, 3.05) is 50.8 Å². The summed E-state index contributed by atoms with van der Waals surface area (Å²) in [4.78, 5) is 65.6. The Hall–Kier alpha value is -5.89. The van der Waals surface area contributed by atoms with Crippen molar-refractivity contribution in [2.24, 2.45) is 10.8 Å². The second-order valence-corrected chi connectivity index (χ2v) is 22.9. The van der Waals surface area contributed by atoms with Crippen LogP contribution in [0.5, 0.6) is 0 Å². The fourth-order valence-corrected chi connectivity index (χ4v) is 10.8. The number of amides is 4. The molecule has 3 aromatic heterocycles. The third-order valence-corrected chi connectivity index (χ3v) is 15.0. The number of aromatic nitrogens is 8. The minimum atomic E-state index is -0.855. The maximum atomic E-state index is 14.4. The van der Waals surface area contributed by atoms with Gasteiger partial charge in [-0.25, -0.2) is 9.36 Å².